The number of nitrogens with one attached hydrogen (secondary N) is 1. The number of aromatic nitrogens is 2. The normalized spacial score (nSPS) is 26.6. The van der Waals surface area contributed by atoms with Gasteiger partial charge in [0.05, 0.1) is 19.8 Å². The van der Waals surface area contributed by atoms with E-state index in [0.29, 0.717) is 47.3 Å². The number of halogens is 1. The Morgan fingerprint density at radius 3 is 2.64 bits per heavy atom. The highest BCUT2D eigenvalue weighted by Gasteiger charge is 2.49. The molecule has 4 saturated heterocycles. The van der Waals surface area contributed by atoms with E-state index in [1.165, 1.54) is 19.3 Å². The van der Waals surface area contributed by atoms with Crippen LogP contribution >= 0.6 is 0 Å². The molecule has 4 aromatic rings. The fourth-order valence-corrected chi connectivity index (χ4v) is 8.87. The molecule has 5 aliphatic rings. The predicted octanol–water partition coefficient (Wildman–Crippen LogP) is 6.21. The number of nitrogens with zero attached hydrogens (tertiary/aromatic N) is 4. The standard InChI is InChI=1S/C38H44FN5O3/c1-2-23-4-3-5-24-16-29(45)17-32(33(23)24)30-10-11-31-35(34(30)39)41-37(42-36(31)43-15-12-25-6-7-26(18-43)40-25)47-22-38(13-14-38)21-44-27-8-9-28(44)20-46-19-27/h3-5,10-11,16-17,25-28,40,45H,2,6-9,12-15,18-22H2,1H3/t25-,26+,27?,28?/m1/s1. The molecule has 0 radical (unpaired) electrons. The van der Waals surface area contributed by atoms with Gasteiger partial charge in [0.2, 0.25) is 0 Å². The highest BCUT2D eigenvalue weighted by Crippen LogP contribution is 2.49. The lowest BCUT2D eigenvalue weighted by atomic mass is 9.92. The van der Waals surface area contributed by atoms with Crippen LogP contribution in [-0.2, 0) is 11.2 Å². The quantitative estimate of drug-likeness (QED) is 0.236. The number of benzene rings is 3. The van der Waals surface area contributed by atoms with E-state index in [9.17, 15) is 5.11 Å². The highest BCUT2D eigenvalue weighted by atomic mass is 19.1. The van der Waals surface area contributed by atoms with Crippen LogP contribution in [0.4, 0.5) is 10.2 Å². The monoisotopic (exact) mass is 637 g/mol. The first-order chi connectivity index (χ1) is 23.0. The van der Waals surface area contributed by atoms with Gasteiger partial charge >= 0.3 is 6.01 Å². The number of phenols is 1. The van der Waals surface area contributed by atoms with Gasteiger partial charge in [-0.2, -0.15) is 9.97 Å². The fourth-order valence-electron chi connectivity index (χ4n) is 8.87. The van der Waals surface area contributed by atoms with Crippen LogP contribution in [0.1, 0.15) is 57.4 Å². The van der Waals surface area contributed by atoms with Crippen molar-refractivity contribution >= 4 is 27.5 Å². The topological polar surface area (TPSA) is 83.0 Å². The summed E-state index contributed by atoms with van der Waals surface area (Å²) in [6, 6.07) is 15.4. The summed E-state index contributed by atoms with van der Waals surface area (Å²) in [4.78, 5) is 14.8. The number of hydrogen-bond acceptors (Lipinski definition) is 8. The van der Waals surface area contributed by atoms with E-state index in [0.717, 1.165) is 87.1 Å². The molecule has 0 amide bonds. The Morgan fingerprint density at radius 2 is 1.83 bits per heavy atom. The predicted molar refractivity (Wildman–Crippen MR) is 182 cm³/mol. The Morgan fingerprint density at radius 1 is 1.00 bits per heavy atom. The number of rotatable bonds is 8. The van der Waals surface area contributed by atoms with Crippen LogP contribution in [0, 0.1) is 11.2 Å². The van der Waals surface area contributed by atoms with Gasteiger partial charge in [0.25, 0.3) is 0 Å². The molecule has 9 rings (SSSR count). The molecule has 47 heavy (non-hydrogen) atoms. The summed E-state index contributed by atoms with van der Waals surface area (Å²) in [6.07, 6.45) is 8.83. The van der Waals surface area contributed by atoms with Crippen molar-refractivity contribution in [2.24, 2.45) is 5.41 Å². The van der Waals surface area contributed by atoms with E-state index in [1.807, 2.05) is 24.3 Å². The number of hydrogen-bond donors (Lipinski definition) is 2. The molecular formula is C38H44FN5O3. The summed E-state index contributed by atoms with van der Waals surface area (Å²) in [7, 11) is 0. The molecule has 246 valence electrons. The van der Waals surface area contributed by atoms with Gasteiger partial charge in [0.1, 0.15) is 17.1 Å². The molecule has 5 fully saturated rings. The molecule has 4 atom stereocenters. The number of ether oxygens (including phenoxy) is 2. The third kappa shape index (κ3) is 5.31. The summed E-state index contributed by atoms with van der Waals surface area (Å²) >= 11 is 0. The molecule has 1 aromatic heterocycles. The molecule has 1 aliphatic carbocycles. The van der Waals surface area contributed by atoms with Crippen LogP contribution in [0.25, 0.3) is 32.8 Å². The molecule has 9 heteroatoms. The van der Waals surface area contributed by atoms with Crippen LogP contribution in [0.15, 0.2) is 42.5 Å². The third-order valence-corrected chi connectivity index (χ3v) is 11.7. The molecule has 2 unspecified atom stereocenters. The molecule has 2 N–H and O–H groups in total. The molecule has 0 spiro atoms. The Hall–Kier alpha value is -3.53. The third-order valence-electron chi connectivity index (χ3n) is 11.7. The van der Waals surface area contributed by atoms with Crippen LogP contribution in [-0.4, -0.2) is 83.6 Å². The number of morpholine rings is 1. The fraction of sp³-hybridized carbons (Fsp3) is 0.526. The zero-order chi connectivity index (χ0) is 31.7. The molecule has 1 saturated carbocycles. The lowest BCUT2D eigenvalue weighted by Gasteiger charge is -2.37. The summed E-state index contributed by atoms with van der Waals surface area (Å²) in [5, 5.41) is 17.0. The molecule has 8 nitrogen and oxygen atoms in total. The Kier molecular flexibility index (Phi) is 7.28. The molecular weight excluding hydrogens is 593 g/mol. The number of anilines is 1. The zero-order valence-electron chi connectivity index (χ0n) is 27.2. The van der Waals surface area contributed by atoms with Crippen LogP contribution in [0.5, 0.6) is 11.8 Å². The summed E-state index contributed by atoms with van der Waals surface area (Å²) < 4.78 is 29.3. The Balaban J connectivity index is 1.11. The molecule has 4 aliphatic heterocycles. The molecule has 4 bridgehead atoms. The van der Waals surface area contributed by atoms with Crippen molar-refractivity contribution in [3.8, 4) is 22.9 Å². The highest BCUT2D eigenvalue weighted by molar-refractivity contribution is 6.03. The van der Waals surface area contributed by atoms with Gasteiger partial charge in [0.15, 0.2) is 5.82 Å². The smallest absolute Gasteiger partial charge is 0.319 e. The first kappa shape index (κ1) is 29.6. The Labute approximate surface area is 275 Å². The number of fused-ring (bicyclic) bond motifs is 6. The minimum Gasteiger partial charge on any atom is -0.508 e. The Bertz CT molecular complexity index is 1830. The maximum absolute atomic E-state index is 17.0. The second kappa shape index (κ2) is 11.6. The SMILES string of the molecule is CCc1cccc2cc(O)cc(-c3ccc4c(N5CC[C@H]6CC[C@@H](C5)N6)nc(OCC5(CN6C7CCC6COC7)CC5)nc4c3F)c12. The van der Waals surface area contributed by atoms with Gasteiger partial charge in [-0.3, -0.25) is 4.90 Å². The lowest BCUT2D eigenvalue weighted by Crippen LogP contribution is -2.49. The van der Waals surface area contributed by atoms with Crippen molar-refractivity contribution in [1.82, 2.24) is 20.2 Å². The van der Waals surface area contributed by atoms with Crippen LogP contribution < -0.4 is 15.0 Å². The van der Waals surface area contributed by atoms with Crippen molar-refractivity contribution in [2.75, 3.05) is 44.4 Å². The first-order valence-electron chi connectivity index (χ1n) is 17.7. The van der Waals surface area contributed by atoms with E-state index in [2.05, 4.69) is 28.1 Å². The van der Waals surface area contributed by atoms with Gasteiger partial charge in [-0.15, -0.1) is 0 Å². The van der Waals surface area contributed by atoms with Gasteiger partial charge in [-0.25, -0.2) is 4.39 Å². The minimum atomic E-state index is -0.408. The van der Waals surface area contributed by atoms with Crippen molar-refractivity contribution in [1.29, 1.82) is 0 Å². The van der Waals surface area contributed by atoms with E-state index in [1.54, 1.807) is 12.1 Å². The number of aromatic hydroxyl groups is 1. The van der Waals surface area contributed by atoms with Gasteiger partial charge in [-0.05, 0) is 91.5 Å². The maximum atomic E-state index is 17.0. The lowest BCUT2D eigenvalue weighted by molar-refractivity contribution is -0.0271. The first-order valence-corrected chi connectivity index (χ1v) is 17.7. The van der Waals surface area contributed by atoms with Gasteiger partial charge < -0.3 is 24.8 Å². The summed E-state index contributed by atoms with van der Waals surface area (Å²) in [6.45, 7) is 6.97. The van der Waals surface area contributed by atoms with Gasteiger partial charge in [0, 0.05) is 60.2 Å². The van der Waals surface area contributed by atoms with Crippen molar-refractivity contribution < 1.29 is 19.0 Å². The van der Waals surface area contributed by atoms with E-state index in [-0.39, 0.29) is 22.7 Å². The second-order valence-corrected chi connectivity index (χ2v) is 14.8. The summed E-state index contributed by atoms with van der Waals surface area (Å²) in [5.74, 6) is 0.452. The van der Waals surface area contributed by atoms with Crippen LogP contribution in [0.2, 0.25) is 0 Å². The van der Waals surface area contributed by atoms with Crippen molar-refractivity contribution in [3.05, 3.63) is 53.8 Å². The minimum absolute atomic E-state index is 0.0831. The number of aryl methyl sites for hydroxylation is 1. The van der Waals surface area contributed by atoms with E-state index >= 15 is 4.39 Å². The number of phenolic OH excluding ortho intramolecular Hbond substituents is 1. The largest absolute Gasteiger partial charge is 0.508 e. The van der Waals surface area contributed by atoms with Crippen molar-refractivity contribution in [2.45, 2.75) is 82.5 Å². The van der Waals surface area contributed by atoms with Crippen molar-refractivity contribution in [3.63, 3.8) is 0 Å². The second-order valence-electron chi connectivity index (χ2n) is 14.8. The van der Waals surface area contributed by atoms with E-state index in [4.69, 9.17) is 19.4 Å². The molecule has 3 aromatic carbocycles. The van der Waals surface area contributed by atoms with Gasteiger partial charge in [-0.1, -0.05) is 31.2 Å². The van der Waals surface area contributed by atoms with E-state index < -0.39 is 5.82 Å². The summed E-state index contributed by atoms with van der Waals surface area (Å²) in [5.41, 5.74) is 2.56. The molecule has 5 heterocycles. The zero-order valence-corrected chi connectivity index (χ0v) is 27.2. The maximum Gasteiger partial charge on any atom is 0.319 e. The average Bonchev–Trinajstić information content (AvgIpc) is 3.70. The van der Waals surface area contributed by atoms with Crippen LogP contribution in [0.3, 0.4) is 0 Å². The average molecular weight is 638 g/mol.